The highest BCUT2D eigenvalue weighted by molar-refractivity contribution is 5.89. The fourth-order valence-electron chi connectivity index (χ4n) is 5.10. The Hall–Kier alpha value is -3.40. The van der Waals surface area contributed by atoms with Gasteiger partial charge in [-0.2, -0.15) is 0 Å². The molecule has 3 aromatic rings. The summed E-state index contributed by atoms with van der Waals surface area (Å²) in [5.74, 6) is -0.703. The fraction of sp³-hybridized carbons (Fsp3) is 0.222. The Balaban J connectivity index is 1.51. The van der Waals surface area contributed by atoms with E-state index in [1.54, 1.807) is 12.1 Å². The lowest BCUT2D eigenvalue weighted by Gasteiger charge is -2.42. The summed E-state index contributed by atoms with van der Waals surface area (Å²) in [5, 5.41) is 3.31. The second-order valence-corrected chi connectivity index (χ2v) is 8.50. The number of carbonyl (C=O) groups is 1. The summed E-state index contributed by atoms with van der Waals surface area (Å²) in [6, 6.07) is 22.6. The van der Waals surface area contributed by atoms with Crippen LogP contribution in [0.1, 0.15) is 39.8 Å². The summed E-state index contributed by atoms with van der Waals surface area (Å²) in [7, 11) is 1.96. The molecule has 0 spiro atoms. The Labute approximate surface area is 182 Å². The van der Waals surface area contributed by atoms with Crippen LogP contribution in [0.2, 0.25) is 0 Å². The number of likely N-dealkylation sites (N-methyl/N-ethyl adjacent to an activating group) is 1. The van der Waals surface area contributed by atoms with Crippen molar-refractivity contribution in [1.29, 1.82) is 0 Å². The van der Waals surface area contributed by atoms with Crippen LogP contribution in [0.4, 0.5) is 4.39 Å². The Morgan fingerprint density at radius 3 is 2.26 bits per heavy atom. The average molecular weight is 413 g/mol. The number of fused-ring (bicyclic) bond motifs is 2. The van der Waals surface area contributed by atoms with Crippen molar-refractivity contribution in [3.05, 3.63) is 113 Å². The third-order valence-electron chi connectivity index (χ3n) is 6.66. The minimum Gasteiger partial charge on any atom is -0.366 e. The first kappa shape index (κ1) is 19.6. The zero-order valence-electron chi connectivity index (χ0n) is 17.5. The molecular formula is C27H25FN2O. The third kappa shape index (κ3) is 3.42. The highest BCUT2D eigenvalue weighted by Crippen LogP contribution is 2.46. The van der Waals surface area contributed by atoms with E-state index in [9.17, 15) is 9.18 Å². The van der Waals surface area contributed by atoms with Crippen molar-refractivity contribution in [3.8, 4) is 0 Å². The standard InChI is InChI=1S/C27H25FN2O/c1-17-23-9-5-6-10-24(23)25(26(30(17)2)18-11-13-21(28)14-12-18)27(31)29-22-15-19-7-3-4-8-20(19)16-22/h3-14,22,25-26H,1,15-16H2,2H3,(H,29,31). The molecule has 4 heteroatoms. The third-order valence-corrected chi connectivity index (χ3v) is 6.66. The molecule has 0 radical (unpaired) electrons. The average Bonchev–Trinajstić information content (AvgIpc) is 3.19. The van der Waals surface area contributed by atoms with Gasteiger partial charge in [0, 0.05) is 24.4 Å². The highest BCUT2D eigenvalue weighted by Gasteiger charge is 2.41. The van der Waals surface area contributed by atoms with Gasteiger partial charge in [0.2, 0.25) is 5.91 Å². The molecule has 1 aliphatic heterocycles. The lowest BCUT2D eigenvalue weighted by Crippen LogP contribution is -2.45. The predicted molar refractivity (Wildman–Crippen MR) is 121 cm³/mol. The van der Waals surface area contributed by atoms with E-state index in [-0.39, 0.29) is 23.8 Å². The molecule has 0 bridgehead atoms. The molecule has 3 aromatic carbocycles. The number of carbonyl (C=O) groups excluding carboxylic acids is 1. The number of hydrogen-bond acceptors (Lipinski definition) is 2. The lowest BCUT2D eigenvalue weighted by molar-refractivity contribution is -0.124. The van der Waals surface area contributed by atoms with Gasteiger partial charge >= 0.3 is 0 Å². The Morgan fingerprint density at radius 1 is 0.968 bits per heavy atom. The maximum atomic E-state index is 13.7. The van der Waals surface area contributed by atoms with Crippen LogP contribution in [0.25, 0.3) is 5.70 Å². The van der Waals surface area contributed by atoms with E-state index in [4.69, 9.17) is 0 Å². The molecule has 5 rings (SSSR count). The summed E-state index contributed by atoms with van der Waals surface area (Å²) < 4.78 is 13.6. The highest BCUT2D eigenvalue weighted by atomic mass is 19.1. The molecule has 1 amide bonds. The molecule has 156 valence electrons. The van der Waals surface area contributed by atoms with Crippen LogP contribution in [-0.4, -0.2) is 23.9 Å². The van der Waals surface area contributed by atoms with E-state index in [0.29, 0.717) is 0 Å². The minimum absolute atomic E-state index is 0.000990. The Morgan fingerprint density at radius 2 is 1.58 bits per heavy atom. The van der Waals surface area contributed by atoms with Gasteiger partial charge in [0.05, 0.1) is 12.0 Å². The summed E-state index contributed by atoms with van der Waals surface area (Å²) in [6.45, 7) is 4.27. The molecule has 1 heterocycles. The lowest BCUT2D eigenvalue weighted by atomic mass is 9.78. The maximum Gasteiger partial charge on any atom is 0.230 e. The molecule has 2 atom stereocenters. The number of benzene rings is 3. The van der Waals surface area contributed by atoms with Crippen LogP contribution in [0.15, 0.2) is 79.4 Å². The van der Waals surface area contributed by atoms with Gasteiger partial charge in [-0.25, -0.2) is 4.39 Å². The van der Waals surface area contributed by atoms with E-state index in [1.165, 1.54) is 23.3 Å². The van der Waals surface area contributed by atoms with E-state index >= 15 is 0 Å². The molecule has 2 aliphatic rings. The Kier molecular flexibility index (Phi) is 4.85. The fourth-order valence-corrected chi connectivity index (χ4v) is 5.10. The number of amides is 1. The van der Waals surface area contributed by atoms with Gasteiger partial charge in [-0.15, -0.1) is 0 Å². The first-order valence-corrected chi connectivity index (χ1v) is 10.7. The summed E-state index contributed by atoms with van der Waals surface area (Å²) >= 11 is 0. The van der Waals surface area contributed by atoms with Crippen molar-refractivity contribution >= 4 is 11.6 Å². The van der Waals surface area contributed by atoms with Crippen molar-refractivity contribution in [2.24, 2.45) is 0 Å². The van der Waals surface area contributed by atoms with Crippen molar-refractivity contribution in [2.45, 2.75) is 30.8 Å². The normalized spacial score (nSPS) is 20.3. The number of rotatable bonds is 3. The van der Waals surface area contributed by atoms with E-state index < -0.39 is 5.92 Å². The summed E-state index contributed by atoms with van der Waals surface area (Å²) in [5.41, 5.74) is 6.32. The zero-order chi connectivity index (χ0) is 21.5. The van der Waals surface area contributed by atoms with Crippen molar-refractivity contribution in [1.82, 2.24) is 10.2 Å². The van der Waals surface area contributed by atoms with Crippen LogP contribution in [0.3, 0.4) is 0 Å². The van der Waals surface area contributed by atoms with E-state index in [1.807, 2.05) is 48.3 Å². The van der Waals surface area contributed by atoms with Crippen LogP contribution in [0, 0.1) is 5.82 Å². The van der Waals surface area contributed by atoms with Crippen molar-refractivity contribution in [3.63, 3.8) is 0 Å². The number of nitrogens with zero attached hydrogens (tertiary/aromatic N) is 1. The molecule has 0 saturated carbocycles. The van der Waals surface area contributed by atoms with Gasteiger partial charge in [0.15, 0.2) is 0 Å². The van der Waals surface area contributed by atoms with Gasteiger partial charge in [0.1, 0.15) is 5.82 Å². The molecular weight excluding hydrogens is 387 g/mol. The quantitative estimate of drug-likeness (QED) is 0.667. The van der Waals surface area contributed by atoms with E-state index in [2.05, 4.69) is 24.0 Å². The van der Waals surface area contributed by atoms with Gasteiger partial charge < -0.3 is 10.2 Å². The largest absolute Gasteiger partial charge is 0.366 e. The van der Waals surface area contributed by atoms with Crippen LogP contribution in [0.5, 0.6) is 0 Å². The molecule has 31 heavy (non-hydrogen) atoms. The van der Waals surface area contributed by atoms with Gasteiger partial charge in [-0.1, -0.05) is 67.2 Å². The summed E-state index contributed by atoms with van der Waals surface area (Å²) in [4.78, 5) is 15.8. The predicted octanol–water partition coefficient (Wildman–Crippen LogP) is 4.85. The molecule has 2 unspecified atom stereocenters. The number of nitrogens with one attached hydrogen (secondary N) is 1. The second kappa shape index (κ2) is 7.69. The maximum absolute atomic E-state index is 13.7. The summed E-state index contributed by atoms with van der Waals surface area (Å²) in [6.07, 6.45) is 1.69. The van der Waals surface area contributed by atoms with Crippen LogP contribution < -0.4 is 5.32 Å². The molecule has 3 nitrogen and oxygen atoms in total. The van der Waals surface area contributed by atoms with Crippen molar-refractivity contribution in [2.75, 3.05) is 7.05 Å². The van der Waals surface area contributed by atoms with Crippen LogP contribution >= 0.6 is 0 Å². The molecule has 0 fully saturated rings. The molecule has 0 saturated heterocycles. The second-order valence-electron chi connectivity index (χ2n) is 8.50. The monoisotopic (exact) mass is 412 g/mol. The van der Waals surface area contributed by atoms with Gasteiger partial charge in [-0.3, -0.25) is 4.79 Å². The molecule has 0 aromatic heterocycles. The Bertz CT molecular complexity index is 1130. The molecule has 1 N–H and O–H groups in total. The van der Waals surface area contributed by atoms with Gasteiger partial charge in [-0.05, 0) is 47.2 Å². The minimum atomic E-state index is -0.416. The smallest absolute Gasteiger partial charge is 0.230 e. The number of halogens is 1. The zero-order valence-corrected chi connectivity index (χ0v) is 17.5. The van der Waals surface area contributed by atoms with Crippen LogP contribution in [-0.2, 0) is 17.6 Å². The molecule has 1 aliphatic carbocycles. The number of hydrogen-bond donors (Lipinski definition) is 1. The SMILES string of the molecule is C=C1c2ccccc2C(C(=O)NC2Cc3ccccc3C2)C(c2ccc(F)cc2)N1C. The topological polar surface area (TPSA) is 32.3 Å². The first-order chi connectivity index (χ1) is 15.0. The van der Waals surface area contributed by atoms with Crippen molar-refractivity contribution < 1.29 is 9.18 Å². The van der Waals surface area contributed by atoms with E-state index in [0.717, 1.165) is 35.2 Å². The first-order valence-electron chi connectivity index (χ1n) is 10.7. The van der Waals surface area contributed by atoms with Gasteiger partial charge in [0.25, 0.3) is 0 Å².